The van der Waals surface area contributed by atoms with E-state index in [4.69, 9.17) is 0 Å². The average Bonchev–Trinajstić information content (AvgIpc) is 2.34. The minimum atomic E-state index is -0.351. The number of hydrogen-bond acceptors (Lipinski definition) is 1. The van der Waals surface area contributed by atoms with Crippen LogP contribution in [0.15, 0.2) is 45.3 Å². The summed E-state index contributed by atoms with van der Waals surface area (Å²) in [5.41, 5.74) is 2.06. The standard InChI is InChI=1S/C14H9Br2FO/c1-8-6-13(16)11(7-12(8)15)14(18)9-2-4-10(17)5-3-9/h2-7H,1H3. The van der Waals surface area contributed by atoms with Crippen LogP contribution in [0.3, 0.4) is 0 Å². The van der Waals surface area contributed by atoms with Crippen molar-refractivity contribution in [2.24, 2.45) is 0 Å². The van der Waals surface area contributed by atoms with Gasteiger partial charge in [-0.1, -0.05) is 31.9 Å². The van der Waals surface area contributed by atoms with Crippen molar-refractivity contribution >= 4 is 37.6 Å². The van der Waals surface area contributed by atoms with Crippen LogP contribution in [0.4, 0.5) is 4.39 Å². The fraction of sp³-hybridized carbons (Fsp3) is 0.0714. The molecule has 0 aromatic heterocycles. The van der Waals surface area contributed by atoms with Gasteiger partial charge in [0.2, 0.25) is 0 Å². The summed E-state index contributed by atoms with van der Waals surface area (Å²) in [6, 6.07) is 9.18. The van der Waals surface area contributed by atoms with E-state index in [1.807, 2.05) is 13.0 Å². The normalized spacial score (nSPS) is 10.4. The molecule has 4 heteroatoms. The minimum absolute atomic E-state index is 0.137. The molecule has 0 aliphatic heterocycles. The number of benzene rings is 2. The molecule has 92 valence electrons. The van der Waals surface area contributed by atoms with Gasteiger partial charge in [-0.15, -0.1) is 0 Å². The van der Waals surface area contributed by atoms with Crippen LogP contribution in [0.25, 0.3) is 0 Å². The van der Waals surface area contributed by atoms with Crippen LogP contribution in [0.5, 0.6) is 0 Å². The van der Waals surface area contributed by atoms with Crippen LogP contribution in [-0.2, 0) is 0 Å². The maximum absolute atomic E-state index is 12.8. The fourth-order valence-corrected chi connectivity index (χ4v) is 2.56. The first-order valence-electron chi connectivity index (χ1n) is 5.25. The Morgan fingerprint density at radius 1 is 1.06 bits per heavy atom. The van der Waals surface area contributed by atoms with Crippen molar-refractivity contribution in [3.05, 3.63) is 67.9 Å². The highest BCUT2D eigenvalue weighted by atomic mass is 79.9. The highest BCUT2D eigenvalue weighted by Gasteiger charge is 2.14. The van der Waals surface area contributed by atoms with Crippen LogP contribution in [0, 0.1) is 12.7 Å². The molecule has 2 aromatic carbocycles. The summed E-state index contributed by atoms with van der Waals surface area (Å²) in [4.78, 5) is 12.3. The Bertz CT molecular complexity index is 606. The summed E-state index contributed by atoms with van der Waals surface area (Å²) < 4.78 is 14.4. The van der Waals surface area contributed by atoms with Crippen molar-refractivity contribution in [3.8, 4) is 0 Å². The molecule has 0 saturated heterocycles. The van der Waals surface area contributed by atoms with Gasteiger partial charge in [0.25, 0.3) is 0 Å². The van der Waals surface area contributed by atoms with Crippen LogP contribution in [-0.4, -0.2) is 5.78 Å². The highest BCUT2D eigenvalue weighted by Crippen LogP contribution is 2.27. The van der Waals surface area contributed by atoms with Crippen LogP contribution in [0.2, 0.25) is 0 Å². The van der Waals surface area contributed by atoms with Gasteiger partial charge < -0.3 is 0 Å². The average molecular weight is 372 g/mol. The number of hydrogen-bond donors (Lipinski definition) is 0. The second-order valence-corrected chi connectivity index (χ2v) is 5.63. The Morgan fingerprint density at radius 2 is 1.67 bits per heavy atom. The highest BCUT2D eigenvalue weighted by molar-refractivity contribution is 9.11. The molecule has 0 N–H and O–H groups in total. The van der Waals surface area contributed by atoms with Crippen molar-refractivity contribution in [3.63, 3.8) is 0 Å². The zero-order valence-electron chi connectivity index (χ0n) is 9.51. The van der Waals surface area contributed by atoms with E-state index in [1.54, 1.807) is 6.07 Å². The predicted octanol–water partition coefficient (Wildman–Crippen LogP) is 4.89. The Morgan fingerprint density at radius 3 is 2.28 bits per heavy atom. The molecule has 2 rings (SSSR count). The van der Waals surface area contributed by atoms with E-state index in [2.05, 4.69) is 31.9 Å². The van der Waals surface area contributed by atoms with Gasteiger partial charge in [0, 0.05) is 20.1 Å². The summed E-state index contributed by atoms with van der Waals surface area (Å²) in [6.07, 6.45) is 0. The second-order valence-electron chi connectivity index (χ2n) is 3.92. The Kier molecular flexibility index (Phi) is 3.97. The lowest BCUT2D eigenvalue weighted by Gasteiger charge is -2.07. The van der Waals surface area contributed by atoms with E-state index in [9.17, 15) is 9.18 Å². The van der Waals surface area contributed by atoms with E-state index in [0.717, 1.165) is 14.5 Å². The first kappa shape index (κ1) is 13.4. The van der Waals surface area contributed by atoms with E-state index >= 15 is 0 Å². The van der Waals surface area contributed by atoms with Gasteiger partial charge in [-0.2, -0.15) is 0 Å². The molecule has 0 unspecified atom stereocenters. The maximum atomic E-state index is 12.8. The first-order chi connectivity index (χ1) is 8.49. The number of carbonyl (C=O) groups is 1. The molecule has 0 amide bonds. The van der Waals surface area contributed by atoms with Crippen LogP contribution >= 0.6 is 31.9 Å². The molecule has 1 nitrogen and oxygen atoms in total. The molecule has 0 radical (unpaired) electrons. The fourth-order valence-electron chi connectivity index (χ4n) is 1.58. The van der Waals surface area contributed by atoms with Crippen LogP contribution in [0.1, 0.15) is 21.5 Å². The SMILES string of the molecule is Cc1cc(Br)c(C(=O)c2ccc(F)cc2)cc1Br. The Balaban J connectivity index is 2.46. The summed E-state index contributed by atoms with van der Waals surface area (Å²) in [6.45, 7) is 1.95. The number of carbonyl (C=O) groups excluding carboxylic acids is 1. The molecule has 0 aliphatic carbocycles. The van der Waals surface area contributed by atoms with Crippen molar-refractivity contribution < 1.29 is 9.18 Å². The molecule has 0 bridgehead atoms. The monoisotopic (exact) mass is 370 g/mol. The third-order valence-corrected chi connectivity index (χ3v) is 4.11. The Hall–Kier alpha value is -1.000. The lowest BCUT2D eigenvalue weighted by molar-refractivity contribution is 0.103. The predicted molar refractivity (Wildman–Crippen MR) is 76.4 cm³/mol. The number of ketones is 1. The second kappa shape index (κ2) is 5.33. The summed E-state index contributed by atoms with van der Waals surface area (Å²) >= 11 is 6.78. The molecule has 0 spiro atoms. The molecule has 0 heterocycles. The van der Waals surface area contributed by atoms with E-state index in [1.165, 1.54) is 24.3 Å². The quantitative estimate of drug-likeness (QED) is 0.687. The summed E-state index contributed by atoms with van der Waals surface area (Å²) in [7, 11) is 0. The topological polar surface area (TPSA) is 17.1 Å². The van der Waals surface area contributed by atoms with Gasteiger partial charge in [0.15, 0.2) is 5.78 Å². The molecule has 2 aromatic rings. The minimum Gasteiger partial charge on any atom is -0.289 e. The van der Waals surface area contributed by atoms with Crippen molar-refractivity contribution in [1.82, 2.24) is 0 Å². The smallest absolute Gasteiger partial charge is 0.194 e. The van der Waals surface area contributed by atoms with Crippen molar-refractivity contribution in [1.29, 1.82) is 0 Å². The third-order valence-electron chi connectivity index (χ3n) is 2.60. The molecular weight excluding hydrogens is 363 g/mol. The van der Waals surface area contributed by atoms with Gasteiger partial charge >= 0.3 is 0 Å². The number of aryl methyl sites for hydroxylation is 1. The molecule has 0 atom stereocenters. The van der Waals surface area contributed by atoms with Gasteiger partial charge in [-0.25, -0.2) is 4.39 Å². The molecule has 18 heavy (non-hydrogen) atoms. The van der Waals surface area contributed by atoms with E-state index in [-0.39, 0.29) is 11.6 Å². The lowest BCUT2D eigenvalue weighted by atomic mass is 10.0. The van der Waals surface area contributed by atoms with Gasteiger partial charge in [-0.3, -0.25) is 4.79 Å². The van der Waals surface area contributed by atoms with E-state index in [0.29, 0.717) is 11.1 Å². The Labute approximate surface area is 121 Å². The first-order valence-corrected chi connectivity index (χ1v) is 6.83. The van der Waals surface area contributed by atoms with Gasteiger partial charge in [0.1, 0.15) is 5.82 Å². The lowest BCUT2D eigenvalue weighted by Crippen LogP contribution is -2.03. The summed E-state index contributed by atoms with van der Waals surface area (Å²) in [5, 5.41) is 0. The molecule has 0 fully saturated rings. The molecule has 0 aliphatic rings. The van der Waals surface area contributed by atoms with Crippen LogP contribution < -0.4 is 0 Å². The van der Waals surface area contributed by atoms with Crippen molar-refractivity contribution in [2.75, 3.05) is 0 Å². The van der Waals surface area contributed by atoms with E-state index < -0.39 is 0 Å². The molecular formula is C14H9Br2FO. The zero-order valence-corrected chi connectivity index (χ0v) is 12.7. The third kappa shape index (κ3) is 2.70. The summed E-state index contributed by atoms with van der Waals surface area (Å²) in [5.74, 6) is -0.488. The van der Waals surface area contributed by atoms with Crippen molar-refractivity contribution in [2.45, 2.75) is 6.92 Å². The largest absolute Gasteiger partial charge is 0.289 e. The van der Waals surface area contributed by atoms with Gasteiger partial charge in [0.05, 0.1) is 0 Å². The number of halogens is 3. The molecule has 0 saturated carbocycles. The zero-order chi connectivity index (χ0) is 13.3. The maximum Gasteiger partial charge on any atom is 0.194 e. The number of rotatable bonds is 2. The van der Waals surface area contributed by atoms with Gasteiger partial charge in [-0.05, 0) is 48.9 Å².